The van der Waals surface area contributed by atoms with Crippen molar-refractivity contribution in [3.8, 4) is 5.75 Å². The van der Waals surface area contributed by atoms with Crippen molar-refractivity contribution in [2.45, 2.75) is 39.2 Å². The molecule has 16 heavy (non-hydrogen) atoms. The number of anilines is 1. The highest BCUT2D eigenvalue weighted by atomic mass is 16.5. The number of hydrogen-bond donors (Lipinski definition) is 1. The van der Waals surface area contributed by atoms with Gasteiger partial charge in [-0.3, -0.25) is 0 Å². The molecule has 1 atom stereocenters. The lowest BCUT2D eigenvalue weighted by atomic mass is 10.1. The van der Waals surface area contributed by atoms with Gasteiger partial charge < -0.3 is 10.1 Å². The molecule has 1 aromatic carbocycles. The zero-order valence-corrected chi connectivity index (χ0v) is 10.4. The predicted octanol–water partition coefficient (Wildman–Crippen LogP) is 3.60. The maximum Gasteiger partial charge on any atom is 0.142 e. The van der Waals surface area contributed by atoms with Crippen LogP contribution in [0, 0.1) is 12.8 Å². The number of ether oxygens (including phenoxy) is 1. The van der Waals surface area contributed by atoms with Gasteiger partial charge in [0.05, 0.1) is 12.8 Å². The van der Waals surface area contributed by atoms with Crippen LogP contribution >= 0.6 is 0 Å². The third-order valence-electron chi connectivity index (χ3n) is 3.14. The fraction of sp³-hybridized carbons (Fsp3) is 0.571. The van der Waals surface area contributed by atoms with E-state index in [2.05, 4.69) is 37.4 Å². The Hall–Kier alpha value is -1.18. The molecule has 88 valence electrons. The smallest absolute Gasteiger partial charge is 0.142 e. The van der Waals surface area contributed by atoms with E-state index in [1.807, 2.05) is 0 Å². The van der Waals surface area contributed by atoms with Crippen molar-refractivity contribution in [3.05, 3.63) is 23.8 Å². The van der Waals surface area contributed by atoms with Crippen molar-refractivity contribution >= 4 is 5.69 Å². The molecule has 1 aliphatic carbocycles. The lowest BCUT2D eigenvalue weighted by Crippen LogP contribution is -2.16. The third kappa shape index (κ3) is 2.91. The van der Waals surface area contributed by atoms with E-state index in [1.165, 1.54) is 24.8 Å². The first-order valence-electron chi connectivity index (χ1n) is 6.10. The molecule has 1 fully saturated rings. The van der Waals surface area contributed by atoms with Gasteiger partial charge in [0.2, 0.25) is 0 Å². The average molecular weight is 219 g/mol. The number of hydrogen-bond acceptors (Lipinski definition) is 2. The summed E-state index contributed by atoms with van der Waals surface area (Å²) in [6, 6.07) is 6.84. The Kier molecular flexibility index (Phi) is 3.37. The minimum atomic E-state index is 0.532. The highest BCUT2D eigenvalue weighted by molar-refractivity contribution is 5.58. The van der Waals surface area contributed by atoms with E-state index < -0.39 is 0 Å². The Bertz CT molecular complexity index is 358. The molecule has 1 unspecified atom stereocenters. The second-order valence-electron chi connectivity index (χ2n) is 4.93. The van der Waals surface area contributed by atoms with Gasteiger partial charge in [0.15, 0.2) is 0 Å². The first-order chi connectivity index (χ1) is 7.69. The number of nitrogens with one attached hydrogen (secondary N) is 1. The summed E-state index contributed by atoms with van der Waals surface area (Å²) in [6.45, 7) is 4.33. The van der Waals surface area contributed by atoms with Crippen molar-refractivity contribution in [2.75, 3.05) is 12.4 Å². The van der Waals surface area contributed by atoms with E-state index in [-0.39, 0.29) is 0 Å². The van der Waals surface area contributed by atoms with Gasteiger partial charge in [-0.1, -0.05) is 18.9 Å². The minimum absolute atomic E-state index is 0.532. The second-order valence-corrected chi connectivity index (χ2v) is 4.93. The molecule has 0 bridgehead atoms. The molecular weight excluding hydrogens is 198 g/mol. The third-order valence-corrected chi connectivity index (χ3v) is 3.14. The van der Waals surface area contributed by atoms with Crippen LogP contribution in [0.2, 0.25) is 0 Å². The first kappa shape index (κ1) is 11.3. The van der Waals surface area contributed by atoms with E-state index in [9.17, 15) is 0 Å². The number of aryl methyl sites for hydroxylation is 1. The Morgan fingerprint density at radius 1 is 1.44 bits per heavy atom. The summed E-state index contributed by atoms with van der Waals surface area (Å²) in [5.74, 6) is 1.90. The fourth-order valence-corrected chi connectivity index (χ4v) is 2.10. The van der Waals surface area contributed by atoms with Gasteiger partial charge >= 0.3 is 0 Å². The molecule has 0 saturated heterocycles. The van der Waals surface area contributed by atoms with Gasteiger partial charge in [0.25, 0.3) is 0 Å². The van der Waals surface area contributed by atoms with Gasteiger partial charge in [-0.25, -0.2) is 0 Å². The highest BCUT2D eigenvalue weighted by Gasteiger charge is 2.23. The molecule has 1 N–H and O–H groups in total. The van der Waals surface area contributed by atoms with Crippen molar-refractivity contribution < 1.29 is 4.74 Å². The Balaban J connectivity index is 2.01. The molecule has 0 heterocycles. The predicted molar refractivity (Wildman–Crippen MR) is 68.2 cm³/mol. The summed E-state index contributed by atoms with van der Waals surface area (Å²) in [4.78, 5) is 0. The largest absolute Gasteiger partial charge is 0.495 e. The summed E-state index contributed by atoms with van der Waals surface area (Å²) in [7, 11) is 1.73. The quantitative estimate of drug-likeness (QED) is 0.817. The molecule has 0 aromatic heterocycles. The topological polar surface area (TPSA) is 21.3 Å². The molecule has 0 radical (unpaired) electrons. The van der Waals surface area contributed by atoms with E-state index in [1.54, 1.807) is 7.11 Å². The Morgan fingerprint density at radius 2 is 2.19 bits per heavy atom. The lowest BCUT2D eigenvalue weighted by Gasteiger charge is -2.17. The average Bonchev–Trinajstić information content (AvgIpc) is 3.04. The molecule has 1 aliphatic rings. The molecule has 1 saturated carbocycles. The van der Waals surface area contributed by atoms with Gasteiger partial charge in [-0.15, -0.1) is 0 Å². The van der Waals surface area contributed by atoms with E-state index in [4.69, 9.17) is 4.74 Å². The highest BCUT2D eigenvalue weighted by Crippen LogP contribution is 2.35. The van der Waals surface area contributed by atoms with Crippen LogP contribution in [-0.2, 0) is 0 Å². The first-order valence-corrected chi connectivity index (χ1v) is 6.10. The Labute approximate surface area is 98.0 Å². The summed E-state index contributed by atoms with van der Waals surface area (Å²) in [5.41, 5.74) is 2.35. The molecule has 0 aliphatic heterocycles. The van der Waals surface area contributed by atoms with Crippen molar-refractivity contribution in [1.29, 1.82) is 0 Å². The van der Waals surface area contributed by atoms with Crippen LogP contribution in [0.1, 0.15) is 31.7 Å². The van der Waals surface area contributed by atoms with Crippen LogP contribution in [0.4, 0.5) is 5.69 Å². The summed E-state index contributed by atoms with van der Waals surface area (Å²) in [6.07, 6.45) is 4.10. The van der Waals surface area contributed by atoms with Crippen molar-refractivity contribution in [2.24, 2.45) is 5.92 Å². The van der Waals surface area contributed by atoms with Gasteiger partial charge in [0, 0.05) is 6.04 Å². The van der Waals surface area contributed by atoms with Gasteiger partial charge in [-0.05, 0) is 43.9 Å². The zero-order chi connectivity index (χ0) is 11.5. The Morgan fingerprint density at radius 3 is 2.81 bits per heavy atom. The normalized spacial score (nSPS) is 16.9. The van der Waals surface area contributed by atoms with Crippen LogP contribution in [0.25, 0.3) is 0 Å². The maximum atomic E-state index is 5.39. The minimum Gasteiger partial charge on any atom is -0.495 e. The standard InChI is InChI=1S/C14H21NO/c1-10-4-7-13(14(8-10)16-3)15-11(2)9-12-5-6-12/h4,7-8,11-12,15H,5-6,9H2,1-3H3. The van der Waals surface area contributed by atoms with Crippen LogP contribution in [-0.4, -0.2) is 13.2 Å². The summed E-state index contributed by atoms with van der Waals surface area (Å²) >= 11 is 0. The molecule has 1 aromatic rings. The molecule has 2 heteroatoms. The fourth-order valence-electron chi connectivity index (χ4n) is 2.10. The monoisotopic (exact) mass is 219 g/mol. The number of methoxy groups -OCH3 is 1. The van der Waals surface area contributed by atoms with Gasteiger partial charge in [-0.2, -0.15) is 0 Å². The van der Waals surface area contributed by atoms with E-state index >= 15 is 0 Å². The SMILES string of the molecule is COc1cc(C)ccc1NC(C)CC1CC1. The van der Waals surface area contributed by atoms with E-state index in [0.717, 1.165) is 17.4 Å². The number of rotatable bonds is 5. The molecular formula is C14H21NO. The summed E-state index contributed by atoms with van der Waals surface area (Å²) in [5, 5.41) is 3.53. The van der Waals surface area contributed by atoms with Crippen molar-refractivity contribution in [1.82, 2.24) is 0 Å². The zero-order valence-electron chi connectivity index (χ0n) is 10.4. The van der Waals surface area contributed by atoms with Gasteiger partial charge in [0.1, 0.15) is 5.75 Å². The second kappa shape index (κ2) is 4.77. The lowest BCUT2D eigenvalue weighted by molar-refractivity contribution is 0.415. The van der Waals surface area contributed by atoms with Crippen LogP contribution in [0.3, 0.4) is 0 Å². The van der Waals surface area contributed by atoms with Crippen molar-refractivity contribution in [3.63, 3.8) is 0 Å². The molecule has 0 amide bonds. The maximum absolute atomic E-state index is 5.39. The molecule has 0 spiro atoms. The van der Waals surface area contributed by atoms with Crippen LogP contribution in [0.15, 0.2) is 18.2 Å². The van der Waals surface area contributed by atoms with Crippen LogP contribution in [0.5, 0.6) is 5.75 Å². The van der Waals surface area contributed by atoms with Crippen LogP contribution < -0.4 is 10.1 Å². The molecule has 2 rings (SSSR count). The van der Waals surface area contributed by atoms with E-state index in [0.29, 0.717) is 6.04 Å². The molecule has 2 nitrogen and oxygen atoms in total. The summed E-state index contributed by atoms with van der Waals surface area (Å²) < 4.78 is 5.39. The number of benzene rings is 1.